The number of nitrogens with two attached hydrogens (primary N) is 1. The Morgan fingerprint density at radius 3 is 2.67 bits per heavy atom. The summed E-state index contributed by atoms with van der Waals surface area (Å²) < 4.78 is 7.29. The Morgan fingerprint density at radius 2 is 1.93 bits per heavy atom. The van der Waals surface area contributed by atoms with Gasteiger partial charge < -0.3 is 20.4 Å². The number of ether oxygens (including phenoxy) is 1. The topological polar surface area (TPSA) is 78.0 Å². The summed E-state index contributed by atoms with van der Waals surface area (Å²) in [5.74, 6) is 0.830. The minimum atomic E-state index is -0.0889. The molecule has 1 atom stereocenters. The third kappa shape index (κ3) is 4.35. The molecule has 0 aliphatic carbocycles. The molecule has 4 aromatic rings. The number of hydrogen-bond acceptors (Lipinski definition) is 5. The second kappa shape index (κ2) is 9.07. The lowest BCUT2D eigenvalue weighted by atomic mass is 9.97. The van der Waals surface area contributed by atoms with Gasteiger partial charge in [-0.1, -0.05) is 18.2 Å². The van der Waals surface area contributed by atoms with Crippen LogP contribution in [0.25, 0.3) is 22.2 Å². The summed E-state index contributed by atoms with van der Waals surface area (Å²) in [6, 6.07) is 18.2. The van der Waals surface area contributed by atoms with Crippen molar-refractivity contribution in [3.05, 3.63) is 78.4 Å². The first kappa shape index (κ1) is 20.1. The van der Waals surface area contributed by atoms with Crippen LogP contribution in [0.2, 0.25) is 0 Å². The summed E-state index contributed by atoms with van der Waals surface area (Å²) in [5.41, 5.74) is 11.8. The number of pyridine rings is 1. The molecule has 4 rings (SSSR count). The van der Waals surface area contributed by atoms with E-state index in [0.29, 0.717) is 0 Å². The molecule has 30 heavy (non-hydrogen) atoms. The largest absolute Gasteiger partial charge is 0.497 e. The molecule has 0 radical (unpaired) electrons. The summed E-state index contributed by atoms with van der Waals surface area (Å²) in [4.78, 5) is 9.01. The first-order valence-electron chi connectivity index (χ1n) is 10.1. The number of benzene rings is 2. The van der Waals surface area contributed by atoms with Gasteiger partial charge in [0, 0.05) is 36.8 Å². The molecule has 1 unspecified atom stereocenters. The SMILES string of the molecule is COc1ccc(-c2cc(C(N)CCNCc3cncn3C)c3ccccc3n2)cc1. The Balaban J connectivity index is 1.54. The van der Waals surface area contributed by atoms with Gasteiger partial charge in [0.1, 0.15) is 5.75 Å². The van der Waals surface area contributed by atoms with Crippen LogP contribution in [0.4, 0.5) is 0 Å². The van der Waals surface area contributed by atoms with Gasteiger partial charge in [0.15, 0.2) is 0 Å². The summed E-state index contributed by atoms with van der Waals surface area (Å²) >= 11 is 0. The number of fused-ring (bicyclic) bond motifs is 1. The molecule has 6 nitrogen and oxygen atoms in total. The van der Waals surface area contributed by atoms with E-state index in [-0.39, 0.29) is 6.04 Å². The van der Waals surface area contributed by atoms with Crippen molar-refractivity contribution in [2.24, 2.45) is 12.8 Å². The van der Waals surface area contributed by atoms with Crippen LogP contribution in [0.5, 0.6) is 5.75 Å². The van der Waals surface area contributed by atoms with Crippen molar-refractivity contribution in [3.63, 3.8) is 0 Å². The summed E-state index contributed by atoms with van der Waals surface area (Å²) in [7, 11) is 3.67. The lowest BCUT2D eigenvalue weighted by Gasteiger charge is -2.17. The average Bonchev–Trinajstić information content (AvgIpc) is 3.20. The Hall–Kier alpha value is -3.22. The van der Waals surface area contributed by atoms with Gasteiger partial charge in [0.05, 0.1) is 30.3 Å². The van der Waals surface area contributed by atoms with Crippen LogP contribution in [0.15, 0.2) is 67.1 Å². The first-order valence-corrected chi connectivity index (χ1v) is 10.1. The van der Waals surface area contributed by atoms with Gasteiger partial charge in [0.2, 0.25) is 0 Å². The molecule has 2 aromatic carbocycles. The fourth-order valence-electron chi connectivity index (χ4n) is 3.60. The normalized spacial score (nSPS) is 12.2. The highest BCUT2D eigenvalue weighted by molar-refractivity contribution is 5.85. The van der Waals surface area contributed by atoms with Gasteiger partial charge >= 0.3 is 0 Å². The molecule has 0 aliphatic rings. The molecule has 0 spiro atoms. The number of aromatic nitrogens is 3. The Bertz CT molecular complexity index is 1120. The molecule has 0 saturated heterocycles. The van der Waals surface area contributed by atoms with Gasteiger partial charge in [-0.2, -0.15) is 0 Å². The number of para-hydroxylation sites is 1. The zero-order valence-electron chi connectivity index (χ0n) is 17.4. The van der Waals surface area contributed by atoms with Crippen LogP contribution >= 0.6 is 0 Å². The van der Waals surface area contributed by atoms with Crippen molar-refractivity contribution < 1.29 is 4.74 Å². The van der Waals surface area contributed by atoms with Crippen LogP contribution in [-0.4, -0.2) is 28.2 Å². The van der Waals surface area contributed by atoms with Gasteiger partial charge in [-0.25, -0.2) is 9.97 Å². The third-order valence-electron chi connectivity index (χ3n) is 5.39. The van der Waals surface area contributed by atoms with Crippen LogP contribution in [-0.2, 0) is 13.6 Å². The van der Waals surface area contributed by atoms with E-state index in [9.17, 15) is 0 Å². The predicted octanol–water partition coefficient (Wildman–Crippen LogP) is 3.82. The predicted molar refractivity (Wildman–Crippen MR) is 120 cm³/mol. The summed E-state index contributed by atoms with van der Waals surface area (Å²) in [6.45, 7) is 1.60. The van der Waals surface area contributed by atoms with Crippen molar-refractivity contribution in [2.45, 2.75) is 19.0 Å². The van der Waals surface area contributed by atoms with E-state index in [1.807, 2.05) is 66.6 Å². The molecule has 0 aliphatic heterocycles. The average molecular weight is 402 g/mol. The molecule has 0 fully saturated rings. The van der Waals surface area contributed by atoms with E-state index in [4.69, 9.17) is 15.5 Å². The van der Waals surface area contributed by atoms with Gasteiger partial charge in [-0.3, -0.25) is 0 Å². The van der Waals surface area contributed by atoms with E-state index in [1.165, 1.54) is 0 Å². The van der Waals surface area contributed by atoms with Crippen LogP contribution in [0.3, 0.4) is 0 Å². The number of rotatable bonds is 8. The molecule has 154 valence electrons. The lowest BCUT2D eigenvalue weighted by molar-refractivity contribution is 0.415. The second-order valence-corrected chi connectivity index (χ2v) is 7.41. The maximum absolute atomic E-state index is 6.64. The maximum Gasteiger partial charge on any atom is 0.118 e. The van der Waals surface area contributed by atoms with E-state index >= 15 is 0 Å². The molecule has 2 aromatic heterocycles. The monoisotopic (exact) mass is 401 g/mol. The first-order chi connectivity index (χ1) is 14.7. The zero-order valence-corrected chi connectivity index (χ0v) is 17.4. The zero-order chi connectivity index (χ0) is 20.9. The third-order valence-corrected chi connectivity index (χ3v) is 5.39. The standard InChI is InChI=1S/C24H27N5O/c1-29-16-27-15-18(29)14-26-12-11-22(25)21-13-24(17-7-9-19(30-2)10-8-17)28-23-6-4-3-5-20(21)23/h3-10,13,15-16,22,26H,11-12,14,25H2,1-2H3. The fourth-order valence-corrected chi connectivity index (χ4v) is 3.60. The quantitative estimate of drug-likeness (QED) is 0.439. The van der Waals surface area contributed by atoms with E-state index < -0.39 is 0 Å². The summed E-state index contributed by atoms with van der Waals surface area (Å²) in [5, 5.41) is 4.57. The molecule has 0 saturated carbocycles. The molecule has 0 amide bonds. The van der Waals surface area contributed by atoms with Crippen molar-refractivity contribution in [2.75, 3.05) is 13.7 Å². The number of nitrogens with zero attached hydrogens (tertiary/aromatic N) is 3. The minimum Gasteiger partial charge on any atom is -0.497 e. The van der Waals surface area contributed by atoms with Crippen molar-refractivity contribution in [1.82, 2.24) is 19.9 Å². The number of methoxy groups -OCH3 is 1. The number of hydrogen-bond donors (Lipinski definition) is 2. The molecular formula is C24H27N5O. The smallest absolute Gasteiger partial charge is 0.118 e. The van der Waals surface area contributed by atoms with Gasteiger partial charge in [-0.15, -0.1) is 0 Å². The van der Waals surface area contributed by atoms with E-state index in [0.717, 1.165) is 58.7 Å². The molecule has 6 heteroatoms. The van der Waals surface area contributed by atoms with E-state index in [1.54, 1.807) is 7.11 Å². The van der Waals surface area contributed by atoms with Gasteiger partial charge in [-0.05, 0) is 54.9 Å². The number of imidazole rings is 1. The highest BCUT2D eigenvalue weighted by Gasteiger charge is 2.14. The Morgan fingerprint density at radius 1 is 1.13 bits per heavy atom. The van der Waals surface area contributed by atoms with Crippen LogP contribution < -0.4 is 15.8 Å². The molecular weight excluding hydrogens is 374 g/mol. The second-order valence-electron chi connectivity index (χ2n) is 7.41. The summed E-state index contributed by atoms with van der Waals surface area (Å²) in [6.07, 6.45) is 4.52. The highest BCUT2D eigenvalue weighted by atomic mass is 16.5. The van der Waals surface area contributed by atoms with Crippen LogP contribution in [0.1, 0.15) is 23.7 Å². The fraction of sp³-hybridized carbons (Fsp3) is 0.250. The Labute approximate surface area is 176 Å². The molecule has 3 N–H and O–H groups in total. The van der Waals surface area contributed by atoms with Crippen LogP contribution in [0, 0.1) is 0 Å². The molecule has 2 heterocycles. The van der Waals surface area contributed by atoms with Crippen molar-refractivity contribution in [1.29, 1.82) is 0 Å². The maximum atomic E-state index is 6.64. The number of nitrogens with one attached hydrogen (secondary N) is 1. The van der Waals surface area contributed by atoms with E-state index in [2.05, 4.69) is 22.4 Å². The number of aryl methyl sites for hydroxylation is 1. The van der Waals surface area contributed by atoms with Gasteiger partial charge in [0.25, 0.3) is 0 Å². The highest BCUT2D eigenvalue weighted by Crippen LogP contribution is 2.29. The van der Waals surface area contributed by atoms with Crippen molar-refractivity contribution >= 4 is 10.9 Å². The van der Waals surface area contributed by atoms with Crippen molar-refractivity contribution in [3.8, 4) is 17.0 Å². The molecule has 0 bridgehead atoms. The lowest BCUT2D eigenvalue weighted by Crippen LogP contribution is -2.22. The minimum absolute atomic E-state index is 0.0889. The Kier molecular flexibility index (Phi) is 6.07.